The zero-order valence-corrected chi connectivity index (χ0v) is 19.4. The number of carbonyl (C=O) groups excluding carboxylic acids is 1. The van der Waals surface area contributed by atoms with Crippen LogP contribution in [0.15, 0.2) is 54.6 Å². The van der Waals surface area contributed by atoms with E-state index in [-0.39, 0.29) is 18.2 Å². The summed E-state index contributed by atoms with van der Waals surface area (Å²) in [7, 11) is -1.37. The maximum Gasteiger partial charge on any atom is 0.469 e. The first kappa shape index (κ1) is 26.6. The van der Waals surface area contributed by atoms with Crippen molar-refractivity contribution in [3.63, 3.8) is 0 Å². The largest absolute Gasteiger partial charge is 0.480 e. The van der Waals surface area contributed by atoms with E-state index in [4.69, 9.17) is 15.8 Å². The van der Waals surface area contributed by atoms with Crippen LogP contribution in [-0.4, -0.2) is 46.1 Å². The highest BCUT2D eigenvalue weighted by molar-refractivity contribution is 6.43. The summed E-state index contributed by atoms with van der Waals surface area (Å²) in [5.41, 5.74) is 8.44. The molecule has 3 rings (SSSR count). The molecule has 0 bridgehead atoms. The van der Waals surface area contributed by atoms with Crippen LogP contribution in [0.25, 0.3) is 0 Å². The second-order valence-electron chi connectivity index (χ2n) is 8.94. The van der Waals surface area contributed by atoms with Gasteiger partial charge in [0.1, 0.15) is 6.04 Å². The third-order valence-electron chi connectivity index (χ3n) is 5.71. The van der Waals surface area contributed by atoms with Crippen LogP contribution in [0.3, 0.4) is 0 Å². The molecular weight excluding hydrogens is 419 g/mol. The topological polar surface area (TPSA) is 133 Å². The molecule has 0 saturated carbocycles. The molecule has 1 amide bonds. The number of hydrogen-bond acceptors (Lipinski definition) is 5. The maximum atomic E-state index is 12.7. The molecular formula is C25H35BN2O5. The van der Waals surface area contributed by atoms with Gasteiger partial charge in [0.25, 0.3) is 0 Å². The number of carbonyl (C=O) groups is 2. The predicted molar refractivity (Wildman–Crippen MR) is 129 cm³/mol. The van der Waals surface area contributed by atoms with E-state index in [1.54, 1.807) is 0 Å². The number of rotatable bonds is 8. The molecule has 33 heavy (non-hydrogen) atoms. The average molecular weight is 454 g/mol. The van der Waals surface area contributed by atoms with Crippen molar-refractivity contribution in [2.24, 2.45) is 11.7 Å². The Labute approximate surface area is 196 Å². The van der Waals surface area contributed by atoms with Crippen molar-refractivity contribution in [2.75, 3.05) is 0 Å². The molecule has 3 atom stereocenters. The molecule has 0 fully saturated rings. The normalized spacial score (nSPS) is 16.6. The van der Waals surface area contributed by atoms with Gasteiger partial charge in [0, 0.05) is 12.4 Å². The number of hydrogen-bond donors (Lipinski definition) is 5. The summed E-state index contributed by atoms with van der Waals surface area (Å²) >= 11 is 0. The van der Waals surface area contributed by atoms with Crippen molar-refractivity contribution in [1.82, 2.24) is 5.32 Å². The van der Waals surface area contributed by atoms with Crippen LogP contribution in [0.1, 0.15) is 55.7 Å². The van der Waals surface area contributed by atoms with Gasteiger partial charge < -0.3 is 26.2 Å². The van der Waals surface area contributed by atoms with E-state index in [9.17, 15) is 14.7 Å². The van der Waals surface area contributed by atoms with Gasteiger partial charge in [-0.25, -0.2) is 4.79 Å². The van der Waals surface area contributed by atoms with E-state index in [1.807, 2.05) is 68.4 Å². The van der Waals surface area contributed by atoms with Gasteiger partial charge in [-0.05, 0) is 48.3 Å². The first-order chi connectivity index (χ1) is 15.7. The minimum Gasteiger partial charge on any atom is -0.480 e. The number of fused-ring (bicyclic) bond motifs is 1. The number of nitrogens with one attached hydrogen (secondary N) is 1. The van der Waals surface area contributed by atoms with Crippen molar-refractivity contribution in [3.8, 4) is 0 Å². The third kappa shape index (κ3) is 8.65. The lowest BCUT2D eigenvalue weighted by atomic mass is 9.76. The van der Waals surface area contributed by atoms with Gasteiger partial charge in [0.05, 0.1) is 5.92 Å². The molecule has 0 aromatic heterocycles. The van der Waals surface area contributed by atoms with Gasteiger partial charge in [-0.1, -0.05) is 68.4 Å². The van der Waals surface area contributed by atoms with Crippen LogP contribution in [0.2, 0.25) is 0 Å². The third-order valence-corrected chi connectivity index (χ3v) is 5.71. The van der Waals surface area contributed by atoms with Crippen LogP contribution in [0.4, 0.5) is 0 Å². The van der Waals surface area contributed by atoms with Crippen molar-refractivity contribution >= 4 is 19.0 Å². The summed E-state index contributed by atoms with van der Waals surface area (Å²) < 4.78 is 0. The van der Waals surface area contributed by atoms with Gasteiger partial charge in [-0.3, -0.25) is 4.79 Å². The molecule has 0 aliphatic heterocycles. The lowest BCUT2D eigenvalue weighted by molar-refractivity contribution is -0.142. The predicted octanol–water partition coefficient (Wildman–Crippen LogP) is 2.29. The fraction of sp³-hybridized carbons (Fsp3) is 0.440. The summed E-state index contributed by atoms with van der Waals surface area (Å²) in [6.07, 6.45) is 3.63. The second-order valence-corrected chi connectivity index (χ2v) is 8.94. The first-order valence-corrected chi connectivity index (χ1v) is 11.5. The second kappa shape index (κ2) is 13.1. The highest BCUT2D eigenvalue weighted by Gasteiger charge is 2.29. The lowest BCUT2D eigenvalue weighted by Gasteiger charge is -2.26. The summed E-state index contributed by atoms with van der Waals surface area (Å²) in [6, 6.07) is 16.4. The Balaban J connectivity index is 0.000000365. The Morgan fingerprint density at radius 3 is 2.30 bits per heavy atom. The molecule has 8 heteroatoms. The van der Waals surface area contributed by atoms with Crippen molar-refractivity contribution in [2.45, 2.75) is 63.9 Å². The number of aliphatic carboxylic acids is 1. The number of aryl methyl sites for hydroxylation is 1. The molecule has 0 heterocycles. The first-order valence-electron chi connectivity index (χ1n) is 11.5. The Morgan fingerprint density at radius 1 is 1.09 bits per heavy atom. The SMILES string of the molecule is CC(C)C[C@H](N)B(O)O.O=C(N[C@@H](Cc1ccccc1)C(=O)O)C1CCCc2ccccc21. The average Bonchev–Trinajstić information content (AvgIpc) is 2.78. The Bertz CT molecular complexity index is 891. The molecule has 1 aliphatic carbocycles. The smallest absolute Gasteiger partial charge is 0.469 e. The van der Waals surface area contributed by atoms with Gasteiger partial charge in [-0.2, -0.15) is 0 Å². The molecule has 7 nitrogen and oxygen atoms in total. The minimum absolute atomic E-state index is 0.189. The van der Waals surface area contributed by atoms with E-state index in [1.165, 1.54) is 5.56 Å². The molecule has 2 aromatic rings. The Hall–Kier alpha value is -2.68. The van der Waals surface area contributed by atoms with Crippen LogP contribution >= 0.6 is 0 Å². The highest BCUT2D eigenvalue weighted by Crippen LogP contribution is 2.31. The minimum atomic E-state index is -1.37. The number of carboxylic acid groups (broad SMARTS) is 1. The number of carboxylic acids is 1. The quantitative estimate of drug-likeness (QED) is 0.389. The fourth-order valence-electron chi connectivity index (χ4n) is 4.01. The summed E-state index contributed by atoms with van der Waals surface area (Å²) in [6.45, 7) is 3.98. The number of nitrogens with two attached hydrogens (primary N) is 1. The molecule has 1 aliphatic rings. The Kier molecular flexibility index (Phi) is 10.6. The molecule has 1 unspecified atom stereocenters. The summed E-state index contributed by atoms with van der Waals surface area (Å²) in [5.74, 6) is -1.53. The van der Waals surface area contributed by atoms with Crippen molar-refractivity contribution in [3.05, 3.63) is 71.3 Å². The summed E-state index contributed by atoms with van der Waals surface area (Å²) in [5, 5.41) is 29.2. The van der Waals surface area contributed by atoms with E-state index in [0.717, 1.165) is 30.4 Å². The summed E-state index contributed by atoms with van der Waals surface area (Å²) in [4.78, 5) is 24.2. The van der Waals surface area contributed by atoms with Crippen LogP contribution in [0.5, 0.6) is 0 Å². The number of benzene rings is 2. The Morgan fingerprint density at radius 2 is 1.73 bits per heavy atom. The van der Waals surface area contributed by atoms with E-state index in [0.29, 0.717) is 12.3 Å². The van der Waals surface area contributed by atoms with Crippen LogP contribution in [-0.2, 0) is 22.4 Å². The fourth-order valence-corrected chi connectivity index (χ4v) is 4.01. The standard InChI is InChI=1S/C20H21NO3.C5H14BNO2/c22-19(17-12-6-10-15-9-4-5-11-16(15)17)21-18(20(23)24)13-14-7-2-1-3-8-14;1-4(2)3-5(7)6(8)9/h1-5,7-9,11,17-18H,6,10,12-13H2,(H,21,22)(H,23,24);4-5,8-9H,3,7H2,1-2H3/t17?,18-;5-/m00/s1. The molecule has 178 valence electrons. The highest BCUT2D eigenvalue weighted by atomic mass is 16.4. The van der Waals surface area contributed by atoms with E-state index >= 15 is 0 Å². The van der Waals surface area contributed by atoms with E-state index in [2.05, 4.69) is 5.32 Å². The zero-order valence-electron chi connectivity index (χ0n) is 19.4. The van der Waals surface area contributed by atoms with Gasteiger partial charge in [0.2, 0.25) is 5.91 Å². The van der Waals surface area contributed by atoms with Crippen LogP contribution in [0, 0.1) is 5.92 Å². The monoisotopic (exact) mass is 454 g/mol. The molecule has 6 N–H and O–H groups in total. The molecule has 0 saturated heterocycles. The zero-order chi connectivity index (χ0) is 24.4. The lowest BCUT2D eigenvalue weighted by Crippen LogP contribution is -2.44. The number of amides is 1. The van der Waals surface area contributed by atoms with Gasteiger partial charge in [0.15, 0.2) is 0 Å². The van der Waals surface area contributed by atoms with Gasteiger partial charge >= 0.3 is 13.1 Å². The van der Waals surface area contributed by atoms with Crippen LogP contribution < -0.4 is 11.1 Å². The van der Waals surface area contributed by atoms with E-state index < -0.39 is 25.1 Å². The molecule has 0 spiro atoms. The van der Waals surface area contributed by atoms with Crippen molar-refractivity contribution < 1.29 is 24.7 Å². The maximum absolute atomic E-state index is 12.7. The molecule has 0 radical (unpaired) electrons. The van der Waals surface area contributed by atoms with Crippen molar-refractivity contribution in [1.29, 1.82) is 0 Å². The van der Waals surface area contributed by atoms with Gasteiger partial charge in [-0.15, -0.1) is 0 Å². The molecule has 2 aromatic carbocycles.